The molecule has 0 bridgehead atoms. The molecule has 0 spiro atoms. The van der Waals surface area contributed by atoms with Gasteiger partial charge in [0.15, 0.2) is 12.0 Å². The number of carbonyl (C=O) groups excluding carboxylic acids is 1. The molecule has 0 saturated carbocycles. The molecule has 1 N–H and O–H groups in total. The largest absolute Gasteiger partial charge is 0.443 e. The van der Waals surface area contributed by atoms with Crippen molar-refractivity contribution in [2.24, 2.45) is 0 Å². The lowest BCUT2D eigenvalue weighted by molar-refractivity contribution is 0.102. The molecule has 3 aromatic rings. The molecular formula is C14H8Cl2N2O2. The molecule has 0 aliphatic carbocycles. The van der Waals surface area contributed by atoms with Crippen molar-refractivity contribution in [3.63, 3.8) is 0 Å². The lowest BCUT2D eigenvalue weighted by atomic mass is 10.2. The van der Waals surface area contributed by atoms with E-state index in [2.05, 4.69) is 10.3 Å². The molecule has 0 saturated heterocycles. The predicted molar refractivity (Wildman–Crippen MR) is 78.4 cm³/mol. The standard InChI is InChI=1S/C14H8Cl2N2O2/c15-9-4-10(16)6-11(5-9)18-14(19)8-1-2-12-13(3-8)20-7-17-12/h1-7H,(H,18,19). The lowest BCUT2D eigenvalue weighted by Gasteiger charge is -2.06. The van der Waals surface area contributed by atoms with Gasteiger partial charge in [-0.15, -0.1) is 0 Å². The highest BCUT2D eigenvalue weighted by Crippen LogP contribution is 2.23. The van der Waals surface area contributed by atoms with E-state index in [0.717, 1.165) is 0 Å². The topological polar surface area (TPSA) is 55.1 Å². The number of oxazole rings is 1. The Morgan fingerprint density at radius 1 is 1.10 bits per heavy atom. The summed E-state index contributed by atoms with van der Waals surface area (Å²) in [6.07, 6.45) is 1.34. The van der Waals surface area contributed by atoms with Crippen molar-refractivity contribution in [2.45, 2.75) is 0 Å². The highest BCUT2D eigenvalue weighted by Gasteiger charge is 2.09. The average molecular weight is 307 g/mol. The molecule has 0 fully saturated rings. The first-order valence-electron chi connectivity index (χ1n) is 5.72. The van der Waals surface area contributed by atoms with Crippen LogP contribution in [-0.2, 0) is 0 Å². The number of carbonyl (C=O) groups is 1. The summed E-state index contributed by atoms with van der Waals surface area (Å²) in [5.74, 6) is -0.276. The van der Waals surface area contributed by atoms with Crippen molar-refractivity contribution < 1.29 is 9.21 Å². The molecule has 4 nitrogen and oxygen atoms in total. The van der Waals surface area contributed by atoms with Crippen LogP contribution in [-0.4, -0.2) is 10.9 Å². The van der Waals surface area contributed by atoms with Crippen LogP contribution in [0, 0.1) is 0 Å². The molecule has 0 aliphatic heterocycles. The van der Waals surface area contributed by atoms with Gasteiger partial charge in [0.05, 0.1) is 0 Å². The maximum Gasteiger partial charge on any atom is 0.255 e. The molecule has 1 aromatic heterocycles. The van der Waals surface area contributed by atoms with Crippen molar-refractivity contribution in [3.8, 4) is 0 Å². The summed E-state index contributed by atoms with van der Waals surface area (Å²) >= 11 is 11.8. The van der Waals surface area contributed by atoms with Crippen molar-refractivity contribution in [2.75, 3.05) is 5.32 Å². The zero-order chi connectivity index (χ0) is 14.1. The number of halogens is 2. The molecule has 0 radical (unpaired) electrons. The second kappa shape index (κ2) is 5.15. The second-order valence-electron chi connectivity index (χ2n) is 4.15. The molecule has 1 heterocycles. The van der Waals surface area contributed by atoms with Crippen LogP contribution < -0.4 is 5.32 Å². The normalized spacial score (nSPS) is 10.7. The van der Waals surface area contributed by atoms with Crippen molar-refractivity contribution in [3.05, 3.63) is 58.4 Å². The summed E-state index contributed by atoms with van der Waals surface area (Å²) in [4.78, 5) is 16.1. The van der Waals surface area contributed by atoms with Crippen LogP contribution in [0.4, 0.5) is 5.69 Å². The molecule has 3 rings (SSSR count). The summed E-state index contributed by atoms with van der Waals surface area (Å²) in [7, 11) is 0. The van der Waals surface area contributed by atoms with Crippen LogP contribution in [0.3, 0.4) is 0 Å². The number of amides is 1. The van der Waals surface area contributed by atoms with E-state index in [-0.39, 0.29) is 5.91 Å². The van der Waals surface area contributed by atoms with Crippen LogP contribution in [0.1, 0.15) is 10.4 Å². The average Bonchev–Trinajstić information content (AvgIpc) is 2.84. The number of nitrogens with zero attached hydrogens (tertiary/aromatic N) is 1. The Kier molecular flexibility index (Phi) is 3.34. The van der Waals surface area contributed by atoms with Crippen molar-refractivity contribution in [1.29, 1.82) is 0 Å². The minimum Gasteiger partial charge on any atom is -0.443 e. The summed E-state index contributed by atoms with van der Waals surface area (Å²) in [6, 6.07) is 9.87. The summed E-state index contributed by atoms with van der Waals surface area (Å²) in [6.45, 7) is 0. The van der Waals surface area contributed by atoms with Gasteiger partial charge in [-0.2, -0.15) is 0 Å². The molecule has 20 heavy (non-hydrogen) atoms. The predicted octanol–water partition coefficient (Wildman–Crippen LogP) is 4.39. The second-order valence-corrected chi connectivity index (χ2v) is 5.02. The van der Waals surface area contributed by atoms with Gasteiger partial charge in [-0.1, -0.05) is 23.2 Å². The van der Waals surface area contributed by atoms with E-state index < -0.39 is 0 Å². The fraction of sp³-hybridized carbons (Fsp3) is 0. The fourth-order valence-electron chi connectivity index (χ4n) is 1.83. The SMILES string of the molecule is O=C(Nc1cc(Cl)cc(Cl)c1)c1ccc2ncoc2c1. The van der Waals surface area contributed by atoms with E-state index in [0.29, 0.717) is 32.4 Å². The van der Waals surface area contributed by atoms with E-state index in [4.69, 9.17) is 27.6 Å². The molecule has 6 heteroatoms. The van der Waals surface area contributed by atoms with E-state index in [1.807, 2.05) is 0 Å². The Labute approximate surface area is 124 Å². The Morgan fingerprint density at radius 2 is 1.85 bits per heavy atom. The number of aromatic nitrogens is 1. The molecule has 0 unspecified atom stereocenters. The van der Waals surface area contributed by atoms with Gasteiger partial charge in [0.25, 0.3) is 5.91 Å². The van der Waals surface area contributed by atoms with E-state index >= 15 is 0 Å². The van der Waals surface area contributed by atoms with Crippen LogP contribution in [0.5, 0.6) is 0 Å². The van der Waals surface area contributed by atoms with Gasteiger partial charge in [0.2, 0.25) is 0 Å². The van der Waals surface area contributed by atoms with E-state index in [9.17, 15) is 4.79 Å². The van der Waals surface area contributed by atoms with Crippen molar-refractivity contribution >= 4 is 45.9 Å². The minimum absolute atomic E-state index is 0.276. The first-order valence-corrected chi connectivity index (χ1v) is 6.48. The third-order valence-electron chi connectivity index (χ3n) is 2.71. The Hall–Kier alpha value is -2.04. The highest BCUT2D eigenvalue weighted by atomic mass is 35.5. The highest BCUT2D eigenvalue weighted by molar-refractivity contribution is 6.35. The Balaban J connectivity index is 1.88. The van der Waals surface area contributed by atoms with Crippen LogP contribution in [0.2, 0.25) is 10.0 Å². The smallest absolute Gasteiger partial charge is 0.255 e. The zero-order valence-electron chi connectivity index (χ0n) is 10.1. The van der Waals surface area contributed by atoms with Gasteiger partial charge < -0.3 is 9.73 Å². The quantitative estimate of drug-likeness (QED) is 0.764. The molecular weight excluding hydrogens is 299 g/mol. The monoisotopic (exact) mass is 306 g/mol. The molecule has 2 aromatic carbocycles. The Bertz CT molecular complexity index is 778. The zero-order valence-corrected chi connectivity index (χ0v) is 11.6. The van der Waals surface area contributed by atoms with E-state index in [1.165, 1.54) is 6.39 Å². The number of benzene rings is 2. The lowest BCUT2D eigenvalue weighted by Crippen LogP contribution is -2.11. The molecule has 0 aliphatic rings. The summed E-state index contributed by atoms with van der Waals surface area (Å²) < 4.78 is 5.16. The Morgan fingerprint density at radius 3 is 2.60 bits per heavy atom. The fourth-order valence-corrected chi connectivity index (χ4v) is 2.35. The molecule has 1 amide bonds. The minimum atomic E-state index is -0.276. The molecule has 100 valence electrons. The number of hydrogen-bond donors (Lipinski definition) is 1. The number of anilines is 1. The number of nitrogens with one attached hydrogen (secondary N) is 1. The van der Waals surface area contributed by atoms with Crippen molar-refractivity contribution in [1.82, 2.24) is 4.98 Å². The maximum atomic E-state index is 12.1. The van der Waals surface area contributed by atoms with Crippen LogP contribution in [0.15, 0.2) is 47.2 Å². The molecule has 0 atom stereocenters. The van der Waals surface area contributed by atoms with Crippen LogP contribution >= 0.6 is 23.2 Å². The van der Waals surface area contributed by atoms with Gasteiger partial charge in [0.1, 0.15) is 5.52 Å². The first-order chi connectivity index (χ1) is 9.61. The number of hydrogen-bond acceptors (Lipinski definition) is 3. The number of rotatable bonds is 2. The van der Waals surface area contributed by atoms with E-state index in [1.54, 1.807) is 36.4 Å². The van der Waals surface area contributed by atoms with Gasteiger partial charge in [0, 0.05) is 21.3 Å². The van der Waals surface area contributed by atoms with Gasteiger partial charge in [-0.25, -0.2) is 4.98 Å². The maximum absolute atomic E-state index is 12.1. The van der Waals surface area contributed by atoms with Gasteiger partial charge in [-0.3, -0.25) is 4.79 Å². The summed E-state index contributed by atoms with van der Waals surface area (Å²) in [5.41, 5.74) is 2.25. The third kappa shape index (κ3) is 2.61. The van der Waals surface area contributed by atoms with Gasteiger partial charge >= 0.3 is 0 Å². The van der Waals surface area contributed by atoms with Crippen LogP contribution in [0.25, 0.3) is 11.1 Å². The first kappa shape index (κ1) is 13.0. The number of fused-ring (bicyclic) bond motifs is 1. The summed E-state index contributed by atoms with van der Waals surface area (Å²) in [5, 5.41) is 3.64. The third-order valence-corrected chi connectivity index (χ3v) is 3.15. The van der Waals surface area contributed by atoms with Gasteiger partial charge in [-0.05, 0) is 36.4 Å².